The van der Waals surface area contributed by atoms with E-state index in [1.807, 2.05) is 13.0 Å². The van der Waals surface area contributed by atoms with Gasteiger partial charge in [-0.3, -0.25) is 14.6 Å². The topological polar surface area (TPSA) is 83.5 Å². The third-order valence-electron chi connectivity index (χ3n) is 3.13. The summed E-state index contributed by atoms with van der Waals surface area (Å²) < 4.78 is 0. The summed E-state index contributed by atoms with van der Waals surface area (Å²) in [7, 11) is 0. The van der Waals surface area contributed by atoms with E-state index < -0.39 is 0 Å². The molecule has 0 bridgehead atoms. The van der Waals surface area contributed by atoms with Crippen molar-refractivity contribution in [3.05, 3.63) is 58.9 Å². The first-order valence-electron chi connectivity index (χ1n) is 7.32. The summed E-state index contributed by atoms with van der Waals surface area (Å²) in [6.07, 6.45) is 4.87. The summed E-state index contributed by atoms with van der Waals surface area (Å²) in [5, 5.41) is 7.17. The smallest absolute Gasteiger partial charge is 0.240 e. The average molecular weight is 345 g/mol. The molecule has 2 rings (SSSR count). The maximum absolute atomic E-state index is 11.9. The molecule has 0 fully saturated rings. The van der Waals surface area contributed by atoms with E-state index in [2.05, 4.69) is 20.8 Å². The third-order valence-corrected chi connectivity index (χ3v) is 3.36. The first kappa shape index (κ1) is 17.6. The van der Waals surface area contributed by atoms with Crippen LogP contribution in [0.2, 0.25) is 5.02 Å². The van der Waals surface area contributed by atoms with E-state index in [4.69, 9.17) is 11.6 Å². The average Bonchev–Trinajstić information content (AvgIpc) is 2.56. The molecule has 2 N–H and O–H groups in total. The van der Waals surface area contributed by atoms with Gasteiger partial charge < -0.3 is 5.32 Å². The fourth-order valence-electron chi connectivity index (χ4n) is 1.89. The highest BCUT2D eigenvalue weighted by Gasteiger charge is 2.08. The van der Waals surface area contributed by atoms with Crippen LogP contribution in [0.25, 0.3) is 0 Å². The number of pyridine rings is 1. The minimum Gasteiger partial charge on any atom is -0.326 e. The zero-order valence-corrected chi connectivity index (χ0v) is 13.9. The second kappa shape index (κ2) is 8.79. The van der Waals surface area contributed by atoms with Gasteiger partial charge in [-0.05, 0) is 36.8 Å². The summed E-state index contributed by atoms with van der Waals surface area (Å²) in [6, 6.07) is 8.77. The van der Waals surface area contributed by atoms with Gasteiger partial charge in [-0.1, -0.05) is 17.7 Å². The van der Waals surface area contributed by atoms with Crippen LogP contribution in [-0.4, -0.2) is 23.0 Å². The van der Waals surface area contributed by atoms with E-state index in [1.165, 1.54) is 6.21 Å². The van der Waals surface area contributed by atoms with Crippen LogP contribution in [0.4, 0.5) is 5.69 Å². The number of benzene rings is 1. The van der Waals surface area contributed by atoms with Crippen LogP contribution in [0.3, 0.4) is 0 Å². The van der Waals surface area contributed by atoms with Crippen LogP contribution < -0.4 is 10.7 Å². The molecule has 1 heterocycles. The first-order valence-corrected chi connectivity index (χ1v) is 7.70. The molecule has 1 aromatic carbocycles. The van der Waals surface area contributed by atoms with Gasteiger partial charge in [-0.25, -0.2) is 5.43 Å². The maximum atomic E-state index is 11.9. The number of carbonyl (C=O) groups is 2. The molecule has 0 aliphatic heterocycles. The Hall–Kier alpha value is -2.73. The third kappa shape index (κ3) is 5.81. The molecule has 0 aliphatic carbocycles. The highest BCUT2D eigenvalue weighted by atomic mass is 35.5. The number of hydrazone groups is 1. The number of rotatable bonds is 6. The minimum absolute atomic E-state index is 0.0445. The number of halogens is 1. The number of aromatic nitrogens is 1. The van der Waals surface area contributed by atoms with Crippen LogP contribution in [-0.2, 0) is 9.59 Å². The molecular weight excluding hydrogens is 328 g/mol. The number of nitrogens with one attached hydrogen (secondary N) is 2. The molecule has 0 unspecified atom stereocenters. The first-order chi connectivity index (χ1) is 11.5. The van der Waals surface area contributed by atoms with Crippen molar-refractivity contribution in [3.63, 3.8) is 0 Å². The zero-order valence-electron chi connectivity index (χ0n) is 13.1. The summed E-state index contributed by atoms with van der Waals surface area (Å²) >= 11 is 5.87. The number of aryl methyl sites for hydroxylation is 1. The molecule has 24 heavy (non-hydrogen) atoms. The Labute approximate surface area is 144 Å². The van der Waals surface area contributed by atoms with E-state index in [-0.39, 0.29) is 24.7 Å². The number of amides is 2. The molecule has 0 spiro atoms. The molecule has 0 saturated carbocycles. The molecule has 6 nitrogen and oxygen atoms in total. The Bertz CT molecular complexity index is 748. The predicted molar refractivity (Wildman–Crippen MR) is 94.0 cm³/mol. The van der Waals surface area contributed by atoms with Gasteiger partial charge in [-0.15, -0.1) is 0 Å². The Morgan fingerprint density at radius 1 is 1.25 bits per heavy atom. The van der Waals surface area contributed by atoms with E-state index in [9.17, 15) is 9.59 Å². The molecular formula is C17H17ClN4O2. The number of anilines is 1. The van der Waals surface area contributed by atoms with Gasteiger partial charge in [-0.2, -0.15) is 5.10 Å². The van der Waals surface area contributed by atoms with E-state index in [0.717, 1.165) is 11.1 Å². The second-order valence-corrected chi connectivity index (χ2v) is 5.52. The SMILES string of the molecule is Cc1cc(Cl)ccc1NC(=O)CCC(=O)NN=Cc1cccnc1. The molecule has 2 amide bonds. The maximum Gasteiger partial charge on any atom is 0.240 e. The van der Waals surface area contributed by atoms with Gasteiger partial charge in [0, 0.05) is 41.5 Å². The van der Waals surface area contributed by atoms with Crippen molar-refractivity contribution < 1.29 is 9.59 Å². The fraction of sp³-hybridized carbons (Fsp3) is 0.176. The van der Waals surface area contributed by atoms with Gasteiger partial charge in [0.15, 0.2) is 0 Å². The Morgan fingerprint density at radius 3 is 2.75 bits per heavy atom. The van der Waals surface area contributed by atoms with E-state index >= 15 is 0 Å². The standard InChI is InChI=1S/C17H17ClN4O2/c1-12-9-14(18)4-5-15(12)21-16(23)6-7-17(24)22-20-11-13-3-2-8-19-10-13/h2-5,8-11H,6-7H2,1H3,(H,21,23)(H,22,24). The lowest BCUT2D eigenvalue weighted by Gasteiger charge is -2.08. The number of carbonyl (C=O) groups excluding carboxylic acids is 2. The summed E-state index contributed by atoms with van der Waals surface area (Å²) in [4.78, 5) is 27.5. The molecule has 0 radical (unpaired) electrons. The van der Waals surface area contributed by atoms with Crippen molar-refractivity contribution in [2.45, 2.75) is 19.8 Å². The summed E-state index contributed by atoms with van der Waals surface area (Å²) in [5.41, 5.74) is 4.69. The van der Waals surface area contributed by atoms with Crippen molar-refractivity contribution >= 4 is 35.3 Å². The fourth-order valence-corrected chi connectivity index (χ4v) is 2.12. The van der Waals surface area contributed by atoms with Gasteiger partial charge in [0.25, 0.3) is 0 Å². The molecule has 0 atom stereocenters. The Morgan fingerprint density at radius 2 is 2.04 bits per heavy atom. The zero-order chi connectivity index (χ0) is 17.4. The lowest BCUT2D eigenvalue weighted by atomic mass is 10.2. The molecule has 0 saturated heterocycles. The van der Waals surface area contributed by atoms with E-state index in [1.54, 1.807) is 36.7 Å². The molecule has 2 aromatic rings. The minimum atomic E-state index is -0.335. The van der Waals surface area contributed by atoms with Crippen molar-refractivity contribution in [1.29, 1.82) is 0 Å². The largest absolute Gasteiger partial charge is 0.326 e. The lowest BCUT2D eigenvalue weighted by molar-refractivity contribution is -0.124. The van der Waals surface area contributed by atoms with Gasteiger partial charge in [0.05, 0.1) is 6.21 Å². The molecule has 0 aliphatic rings. The van der Waals surface area contributed by atoms with Crippen LogP contribution in [0.5, 0.6) is 0 Å². The molecule has 7 heteroatoms. The second-order valence-electron chi connectivity index (χ2n) is 5.09. The van der Waals surface area contributed by atoms with Crippen LogP contribution >= 0.6 is 11.6 Å². The van der Waals surface area contributed by atoms with Crippen LogP contribution in [0.15, 0.2) is 47.8 Å². The van der Waals surface area contributed by atoms with Crippen molar-refractivity contribution in [2.24, 2.45) is 5.10 Å². The Kier molecular flexibility index (Phi) is 6.45. The molecule has 1 aromatic heterocycles. The van der Waals surface area contributed by atoms with Crippen molar-refractivity contribution in [1.82, 2.24) is 10.4 Å². The number of nitrogens with zero attached hydrogens (tertiary/aromatic N) is 2. The van der Waals surface area contributed by atoms with Gasteiger partial charge in [0.1, 0.15) is 0 Å². The summed E-state index contributed by atoms with van der Waals surface area (Å²) in [6.45, 7) is 1.85. The van der Waals surface area contributed by atoms with Crippen LogP contribution in [0, 0.1) is 6.92 Å². The highest BCUT2D eigenvalue weighted by Crippen LogP contribution is 2.19. The van der Waals surface area contributed by atoms with Gasteiger partial charge in [0.2, 0.25) is 11.8 Å². The Balaban J connectivity index is 1.75. The molecule has 124 valence electrons. The normalized spacial score (nSPS) is 10.6. The van der Waals surface area contributed by atoms with Gasteiger partial charge >= 0.3 is 0 Å². The number of hydrogen-bond donors (Lipinski definition) is 2. The monoisotopic (exact) mass is 344 g/mol. The van der Waals surface area contributed by atoms with E-state index in [0.29, 0.717) is 10.7 Å². The lowest BCUT2D eigenvalue weighted by Crippen LogP contribution is -2.20. The number of hydrogen-bond acceptors (Lipinski definition) is 4. The van der Waals surface area contributed by atoms with Crippen molar-refractivity contribution in [3.8, 4) is 0 Å². The quantitative estimate of drug-likeness (QED) is 0.624. The van der Waals surface area contributed by atoms with Crippen LogP contribution in [0.1, 0.15) is 24.0 Å². The predicted octanol–water partition coefficient (Wildman–Crippen LogP) is 2.91. The summed E-state index contributed by atoms with van der Waals surface area (Å²) in [5.74, 6) is -0.579. The van der Waals surface area contributed by atoms with Crippen molar-refractivity contribution in [2.75, 3.05) is 5.32 Å². The highest BCUT2D eigenvalue weighted by molar-refractivity contribution is 6.30.